The number of hydrogen-bond acceptors (Lipinski definition) is 6. The van der Waals surface area contributed by atoms with Gasteiger partial charge in [-0.25, -0.2) is 9.97 Å². The van der Waals surface area contributed by atoms with Gasteiger partial charge in [0, 0.05) is 39.9 Å². The van der Waals surface area contributed by atoms with Gasteiger partial charge in [-0.3, -0.25) is 9.59 Å². The van der Waals surface area contributed by atoms with Crippen LogP contribution in [-0.2, 0) is 16.3 Å². The van der Waals surface area contributed by atoms with Crippen LogP contribution in [0, 0.1) is 22.7 Å². The molecule has 36 heavy (non-hydrogen) atoms. The van der Waals surface area contributed by atoms with E-state index in [1.807, 2.05) is 25.3 Å². The number of nitrogens with one attached hydrogen (secondary N) is 1. The third-order valence-electron chi connectivity index (χ3n) is 6.82. The first-order valence-electron chi connectivity index (χ1n) is 12.8. The highest BCUT2D eigenvalue weighted by Crippen LogP contribution is 2.39. The van der Waals surface area contributed by atoms with E-state index in [4.69, 9.17) is 15.0 Å². The lowest BCUT2D eigenvalue weighted by atomic mass is 9.84. The highest BCUT2D eigenvalue weighted by molar-refractivity contribution is 6.76. The molecule has 0 bridgehead atoms. The summed E-state index contributed by atoms with van der Waals surface area (Å²) in [7, 11) is -1.22. The molecular weight excluding hydrogens is 472 g/mol. The van der Waals surface area contributed by atoms with Crippen LogP contribution in [0.4, 0.5) is 0 Å². The minimum Gasteiger partial charge on any atom is -0.361 e. The standard InChI is InChI=1S/C26H38N6O3Si/c1-26(2,3)22(25(34)31-13-17(11-27)14-31)30-24(33)19-15-32(16-35-9-10-36(4,5)6)23-21(19)29-20(12-28-23)18-7-8-18/h12,15,17-18,22H,7-10,13-14,16H2,1-6H3,(H,30,33)/t22-/m0/s1. The smallest absolute Gasteiger partial charge is 0.255 e. The maximum atomic E-state index is 13.6. The average molecular weight is 511 g/mol. The molecule has 0 radical (unpaired) electrons. The van der Waals surface area contributed by atoms with Crippen molar-refractivity contribution in [3.63, 3.8) is 0 Å². The predicted octanol–water partition coefficient (Wildman–Crippen LogP) is 3.75. The van der Waals surface area contributed by atoms with Gasteiger partial charge in [0.05, 0.1) is 29.4 Å². The molecule has 1 aliphatic carbocycles. The molecule has 2 aromatic heterocycles. The Morgan fingerprint density at radius 2 is 1.97 bits per heavy atom. The van der Waals surface area contributed by atoms with Crippen LogP contribution < -0.4 is 5.32 Å². The fourth-order valence-electron chi connectivity index (χ4n) is 4.23. The Bertz CT molecular complexity index is 1180. The molecule has 194 valence electrons. The third kappa shape index (κ3) is 5.95. The summed E-state index contributed by atoms with van der Waals surface area (Å²) in [6.45, 7) is 14.5. The molecule has 2 aromatic rings. The topological polar surface area (TPSA) is 113 Å². The SMILES string of the molecule is CC(C)(C)[C@@H](NC(=O)c1cn(COCC[Si](C)(C)C)c2ncc(C3CC3)nc12)C(=O)N1CC(C#N)C1. The Balaban J connectivity index is 1.58. The van der Waals surface area contributed by atoms with Gasteiger partial charge in [-0.1, -0.05) is 40.4 Å². The number of aromatic nitrogens is 3. The first kappa shape index (κ1) is 26.3. The summed E-state index contributed by atoms with van der Waals surface area (Å²) in [5.41, 5.74) is 1.94. The van der Waals surface area contributed by atoms with Crippen LogP contribution in [0.5, 0.6) is 0 Å². The molecule has 2 fully saturated rings. The highest BCUT2D eigenvalue weighted by Gasteiger charge is 2.41. The van der Waals surface area contributed by atoms with Crippen molar-refractivity contribution in [2.24, 2.45) is 11.3 Å². The quantitative estimate of drug-likeness (QED) is 0.406. The van der Waals surface area contributed by atoms with Crippen LogP contribution in [0.2, 0.25) is 25.7 Å². The van der Waals surface area contributed by atoms with Gasteiger partial charge < -0.3 is 19.5 Å². The van der Waals surface area contributed by atoms with Gasteiger partial charge in [0.25, 0.3) is 5.91 Å². The van der Waals surface area contributed by atoms with E-state index in [9.17, 15) is 9.59 Å². The largest absolute Gasteiger partial charge is 0.361 e. The third-order valence-corrected chi connectivity index (χ3v) is 8.52. The molecular formula is C26H38N6O3Si. The van der Waals surface area contributed by atoms with E-state index in [2.05, 4.69) is 36.0 Å². The van der Waals surface area contributed by atoms with Crippen molar-refractivity contribution in [2.45, 2.75) is 78.0 Å². The minimum atomic E-state index is -1.22. The van der Waals surface area contributed by atoms with Crippen LogP contribution in [0.25, 0.3) is 11.2 Å². The zero-order valence-electron chi connectivity index (χ0n) is 22.3. The van der Waals surface area contributed by atoms with E-state index >= 15 is 0 Å². The molecule has 0 spiro atoms. The second-order valence-corrected chi connectivity index (χ2v) is 18.1. The fraction of sp³-hybridized carbons (Fsp3) is 0.654. The van der Waals surface area contributed by atoms with Crippen LogP contribution in [0.1, 0.15) is 55.6 Å². The molecule has 10 heteroatoms. The molecule has 1 saturated carbocycles. The Hall–Kier alpha value is -2.77. The Morgan fingerprint density at radius 3 is 2.56 bits per heavy atom. The van der Waals surface area contributed by atoms with Crippen molar-refractivity contribution in [2.75, 3.05) is 19.7 Å². The number of likely N-dealkylation sites (tertiary alicyclic amines) is 1. The van der Waals surface area contributed by atoms with E-state index in [1.165, 1.54) is 0 Å². The van der Waals surface area contributed by atoms with E-state index in [0.717, 1.165) is 24.6 Å². The van der Waals surface area contributed by atoms with Crippen LogP contribution in [0.3, 0.4) is 0 Å². The number of ether oxygens (including phenoxy) is 1. The number of carbonyl (C=O) groups excluding carboxylic acids is 2. The van der Waals surface area contributed by atoms with Crippen molar-refractivity contribution in [3.8, 4) is 6.07 Å². The van der Waals surface area contributed by atoms with E-state index in [-0.39, 0.29) is 24.5 Å². The molecule has 9 nitrogen and oxygen atoms in total. The fourth-order valence-corrected chi connectivity index (χ4v) is 4.98. The minimum absolute atomic E-state index is 0.139. The number of nitriles is 1. The molecule has 1 aliphatic heterocycles. The molecule has 4 rings (SSSR count). The van der Waals surface area contributed by atoms with Crippen LogP contribution in [-0.4, -0.2) is 65.1 Å². The molecule has 1 saturated heterocycles. The zero-order valence-corrected chi connectivity index (χ0v) is 23.3. The molecule has 3 heterocycles. The van der Waals surface area contributed by atoms with Gasteiger partial charge in [-0.05, 0) is 24.3 Å². The Morgan fingerprint density at radius 1 is 1.28 bits per heavy atom. The summed E-state index contributed by atoms with van der Waals surface area (Å²) in [6.07, 6.45) is 5.71. The van der Waals surface area contributed by atoms with Crippen molar-refractivity contribution < 1.29 is 14.3 Å². The highest BCUT2D eigenvalue weighted by atomic mass is 28.3. The lowest BCUT2D eigenvalue weighted by Crippen LogP contribution is -2.60. The lowest BCUT2D eigenvalue weighted by Gasteiger charge is -2.41. The summed E-state index contributed by atoms with van der Waals surface area (Å²) in [5.74, 6) is -0.253. The monoisotopic (exact) mass is 510 g/mol. The lowest BCUT2D eigenvalue weighted by molar-refractivity contribution is -0.141. The molecule has 1 N–H and O–H groups in total. The van der Waals surface area contributed by atoms with Gasteiger partial charge in [0.15, 0.2) is 5.65 Å². The first-order valence-corrected chi connectivity index (χ1v) is 16.5. The molecule has 2 amide bonds. The van der Waals surface area contributed by atoms with Crippen LogP contribution in [0.15, 0.2) is 12.4 Å². The second-order valence-electron chi connectivity index (χ2n) is 12.4. The summed E-state index contributed by atoms with van der Waals surface area (Å²) in [5, 5.41) is 12.1. The maximum absolute atomic E-state index is 13.6. The van der Waals surface area contributed by atoms with Crippen LogP contribution >= 0.6 is 0 Å². The van der Waals surface area contributed by atoms with E-state index in [1.54, 1.807) is 17.3 Å². The number of carbonyl (C=O) groups is 2. The second kappa shape index (κ2) is 9.94. The molecule has 0 unspecified atom stereocenters. The number of fused-ring (bicyclic) bond motifs is 1. The summed E-state index contributed by atoms with van der Waals surface area (Å²) in [4.78, 5) is 37.9. The van der Waals surface area contributed by atoms with Crippen molar-refractivity contribution in [1.29, 1.82) is 5.26 Å². The predicted molar refractivity (Wildman–Crippen MR) is 140 cm³/mol. The van der Waals surface area contributed by atoms with E-state index < -0.39 is 19.5 Å². The van der Waals surface area contributed by atoms with E-state index in [0.29, 0.717) is 42.3 Å². The number of amides is 2. The molecule has 0 aromatic carbocycles. The summed E-state index contributed by atoms with van der Waals surface area (Å²) >= 11 is 0. The summed E-state index contributed by atoms with van der Waals surface area (Å²) < 4.78 is 7.78. The zero-order chi connectivity index (χ0) is 26.3. The number of nitrogens with zero attached hydrogens (tertiary/aromatic N) is 5. The normalized spacial score (nSPS) is 17.5. The summed E-state index contributed by atoms with van der Waals surface area (Å²) in [6, 6.07) is 2.52. The van der Waals surface area contributed by atoms with Gasteiger partial charge in [0.2, 0.25) is 5.91 Å². The van der Waals surface area contributed by atoms with Crippen molar-refractivity contribution in [1.82, 2.24) is 24.8 Å². The van der Waals surface area contributed by atoms with Gasteiger partial charge in [-0.2, -0.15) is 5.26 Å². The Kier molecular flexibility index (Phi) is 7.26. The maximum Gasteiger partial charge on any atom is 0.255 e. The molecule has 1 atom stereocenters. The number of hydrogen-bond donors (Lipinski definition) is 1. The van der Waals surface area contributed by atoms with Gasteiger partial charge >= 0.3 is 0 Å². The molecule has 2 aliphatic rings. The van der Waals surface area contributed by atoms with Gasteiger partial charge in [-0.15, -0.1) is 0 Å². The average Bonchev–Trinajstić information content (AvgIpc) is 3.54. The first-order chi connectivity index (χ1) is 16.9. The van der Waals surface area contributed by atoms with Crippen molar-refractivity contribution >= 4 is 31.1 Å². The number of rotatable bonds is 9. The van der Waals surface area contributed by atoms with Gasteiger partial charge in [0.1, 0.15) is 18.3 Å². The Labute approximate surface area is 214 Å². The van der Waals surface area contributed by atoms with Crippen molar-refractivity contribution in [3.05, 3.63) is 23.7 Å².